The summed E-state index contributed by atoms with van der Waals surface area (Å²) < 4.78 is 42.9. The first kappa shape index (κ1) is 17.2. The monoisotopic (exact) mass is 346 g/mol. The molecule has 1 amide bonds. The minimum Gasteiger partial charge on any atom is -0.339 e. The molecule has 3 rings (SSSR count). The van der Waals surface area contributed by atoms with E-state index in [4.69, 9.17) is 4.52 Å². The number of hydrogen-bond acceptors (Lipinski definition) is 5. The maximum Gasteiger partial charge on any atom is 0.406 e. The second-order valence-electron chi connectivity index (χ2n) is 6.72. The smallest absolute Gasteiger partial charge is 0.339 e. The maximum atomic E-state index is 12.6. The summed E-state index contributed by atoms with van der Waals surface area (Å²) in [5.41, 5.74) is 0. The van der Waals surface area contributed by atoms with E-state index in [2.05, 4.69) is 10.1 Å². The number of alkyl halides is 3. The summed E-state index contributed by atoms with van der Waals surface area (Å²) in [5.74, 6) is 0.717. The molecule has 134 valence electrons. The molecular weight excluding hydrogens is 325 g/mol. The predicted molar refractivity (Wildman–Crippen MR) is 78.1 cm³/mol. The zero-order valence-corrected chi connectivity index (χ0v) is 13.7. The molecule has 0 bridgehead atoms. The molecule has 2 aliphatic heterocycles. The summed E-state index contributed by atoms with van der Waals surface area (Å²) in [4.78, 5) is 19.6. The lowest BCUT2D eigenvalue weighted by atomic mass is 10.1. The molecule has 0 aliphatic carbocycles. The third kappa shape index (κ3) is 3.40. The van der Waals surface area contributed by atoms with Crippen LogP contribution < -0.4 is 0 Å². The van der Waals surface area contributed by atoms with Crippen LogP contribution in [-0.4, -0.2) is 57.7 Å². The molecule has 1 aromatic heterocycles. The first-order valence-corrected chi connectivity index (χ1v) is 8.21. The largest absolute Gasteiger partial charge is 0.406 e. The lowest BCUT2D eigenvalue weighted by Crippen LogP contribution is -2.44. The number of carbonyl (C=O) groups excluding carboxylic acids is 1. The lowest BCUT2D eigenvalue weighted by Gasteiger charge is -2.27. The summed E-state index contributed by atoms with van der Waals surface area (Å²) in [7, 11) is 0. The highest BCUT2D eigenvalue weighted by Gasteiger charge is 2.45. The predicted octanol–water partition coefficient (Wildman–Crippen LogP) is 2.49. The SMILES string of the molecule is CC(C)c1nc([C@@H]2CCCN2[C@@H]2CCN(CC(F)(F)F)C2=O)no1. The Labute approximate surface area is 138 Å². The summed E-state index contributed by atoms with van der Waals surface area (Å²) in [6.45, 7) is 3.50. The zero-order chi connectivity index (χ0) is 17.5. The summed E-state index contributed by atoms with van der Waals surface area (Å²) in [5, 5.41) is 4.01. The van der Waals surface area contributed by atoms with Gasteiger partial charge in [-0.2, -0.15) is 18.2 Å². The van der Waals surface area contributed by atoms with Crippen LogP contribution in [0, 0.1) is 0 Å². The van der Waals surface area contributed by atoms with Gasteiger partial charge in [-0.05, 0) is 25.8 Å². The highest BCUT2D eigenvalue weighted by atomic mass is 19.4. The molecule has 2 fully saturated rings. The van der Waals surface area contributed by atoms with E-state index in [1.807, 2.05) is 18.7 Å². The molecule has 6 nitrogen and oxygen atoms in total. The average Bonchev–Trinajstić information content (AvgIpc) is 3.17. The topological polar surface area (TPSA) is 62.5 Å². The fraction of sp³-hybridized carbons (Fsp3) is 0.800. The van der Waals surface area contributed by atoms with Crippen LogP contribution in [-0.2, 0) is 4.79 Å². The number of nitrogens with zero attached hydrogens (tertiary/aromatic N) is 4. The molecule has 9 heteroatoms. The molecule has 24 heavy (non-hydrogen) atoms. The second kappa shape index (κ2) is 6.34. The minimum absolute atomic E-state index is 0.108. The number of halogens is 3. The zero-order valence-electron chi connectivity index (χ0n) is 13.7. The Kier molecular flexibility index (Phi) is 4.54. The van der Waals surface area contributed by atoms with Crippen LogP contribution in [0.2, 0.25) is 0 Å². The highest BCUT2D eigenvalue weighted by Crippen LogP contribution is 2.36. The number of carbonyl (C=O) groups is 1. The van der Waals surface area contributed by atoms with Crippen molar-refractivity contribution in [3.63, 3.8) is 0 Å². The quantitative estimate of drug-likeness (QED) is 0.838. The van der Waals surface area contributed by atoms with Gasteiger partial charge in [-0.15, -0.1) is 0 Å². The van der Waals surface area contributed by atoms with Gasteiger partial charge in [0.05, 0.1) is 12.1 Å². The van der Waals surface area contributed by atoms with Gasteiger partial charge in [0, 0.05) is 12.5 Å². The lowest BCUT2D eigenvalue weighted by molar-refractivity contribution is -0.159. The number of likely N-dealkylation sites (tertiary alicyclic amines) is 2. The van der Waals surface area contributed by atoms with Crippen molar-refractivity contribution < 1.29 is 22.5 Å². The summed E-state index contributed by atoms with van der Waals surface area (Å²) >= 11 is 0. The van der Waals surface area contributed by atoms with Crippen molar-refractivity contribution in [3.8, 4) is 0 Å². The van der Waals surface area contributed by atoms with Gasteiger partial charge in [-0.1, -0.05) is 19.0 Å². The fourth-order valence-corrected chi connectivity index (χ4v) is 3.46. The van der Waals surface area contributed by atoms with E-state index in [-0.39, 0.29) is 18.5 Å². The first-order chi connectivity index (χ1) is 11.3. The van der Waals surface area contributed by atoms with Crippen molar-refractivity contribution in [1.82, 2.24) is 19.9 Å². The Morgan fingerprint density at radius 3 is 2.62 bits per heavy atom. The Hall–Kier alpha value is -1.64. The van der Waals surface area contributed by atoms with Gasteiger partial charge in [0.2, 0.25) is 11.8 Å². The van der Waals surface area contributed by atoms with Gasteiger partial charge in [0.15, 0.2) is 5.82 Å². The van der Waals surface area contributed by atoms with Crippen LogP contribution in [0.3, 0.4) is 0 Å². The number of hydrogen-bond donors (Lipinski definition) is 0. The standard InChI is InChI=1S/C15H21F3N4O2/c1-9(2)13-19-12(20-24-13)10-4-3-6-22(10)11-5-7-21(14(11)23)8-15(16,17)18/h9-11H,3-8H2,1-2H3/t10-,11+/m0/s1. The van der Waals surface area contributed by atoms with Gasteiger partial charge in [-0.25, -0.2) is 0 Å². The molecular formula is C15H21F3N4O2. The van der Waals surface area contributed by atoms with Gasteiger partial charge in [0.1, 0.15) is 6.54 Å². The minimum atomic E-state index is -4.37. The summed E-state index contributed by atoms with van der Waals surface area (Å²) in [6.07, 6.45) is -2.32. The van der Waals surface area contributed by atoms with E-state index >= 15 is 0 Å². The summed E-state index contributed by atoms with van der Waals surface area (Å²) in [6, 6.07) is -0.693. The normalized spacial score (nSPS) is 26.1. The van der Waals surface area contributed by atoms with Crippen molar-refractivity contribution in [2.45, 2.75) is 57.3 Å². The first-order valence-electron chi connectivity index (χ1n) is 8.21. The average molecular weight is 346 g/mol. The Balaban J connectivity index is 1.72. The second-order valence-corrected chi connectivity index (χ2v) is 6.72. The number of aromatic nitrogens is 2. The van der Waals surface area contributed by atoms with Crippen molar-refractivity contribution in [2.75, 3.05) is 19.6 Å². The van der Waals surface area contributed by atoms with Gasteiger partial charge < -0.3 is 9.42 Å². The maximum absolute atomic E-state index is 12.6. The van der Waals surface area contributed by atoms with Crippen molar-refractivity contribution in [2.24, 2.45) is 0 Å². The molecule has 2 saturated heterocycles. The van der Waals surface area contributed by atoms with Crippen LogP contribution >= 0.6 is 0 Å². The Morgan fingerprint density at radius 2 is 2.00 bits per heavy atom. The third-order valence-electron chi connectivity index (χ3n) is 4.58. The van der Waals surface area contributed by atoms with Crippen LogP contribution in [0.5, 0.6) is 0 Å². The van der Waals surface area contributed by atoms with Crippen molar-refractivity contribution in [3.05, 3.63) is 11.7 Å². The molecule has 2 atom stereocenters. The van der Waals surface area contributed by atoms with Crippen LogP contribution in [0.4, 0.5) is 13.2 Å². The number of rotatable bonds is 4. The fourth-order valence-electron chi connectivity index (χ4n) is 3.46. The van der Waals surface area contributed by atoms with Crippen molar-refractivity contribution in [1.29, 1.82) is 0 Å². The van der Waals surface area contributed by atoms with Crippen LogP contribution in [0.25, 0.3) is 0 Å². The van der Waals surface area contributed by atoms with E-state index in [1.165, 1.54) is 0 Å². The highest BCUT2D eigenvalue weighted by molar-refractivity contribution is 5.84. The van der Waals surface area contributed by atoms with Gasteiger partial charge >= 0.3 is 6.18 Å². The Bertz CT molecular complexity index is 602. The molecule has 1 aromatic rings. The van der Waals surface area contributed by atoms with E-state index < -0.39 is 24.7 Å². The molecule has 0 saturated carbocycles. The number of amides is 1. The molecule has 0 N–H and O–H groups in total. The van der Waals surface area contributed by atoms with Crippen LogP contribution in [0.1, 0.15) is 56.8 Å². The Morgan fingerprint density at radius 1 is 1.25 bits per heavy atom. The molecule has 0 aromatic carbocycles. The third-order valence-corrected chi connectivity index (χ3v) is 4.58. The molecule has 3 heterocycles. The van der Waals surface area contributed by atoms with Gasteiger partial charge in [0.25, 0.3) is 0 Å². The van der Waals surface area contributed by atoms with E-state index in [1.54, 1.807) is 0 Å². The van der Waals surface area contributed by atoms with Gasteiger partial charge in [-0.3, -0.25) is 9.69 Å². The molecule has 0 unspecified atom stereocenters. The van der Waals surface area contributed by atoms with Crippen LogP contribution in [0.15, 0.2) is 4.52 Å². The van der Waals surface area contributed by atoms with E-state index in [9.17, 15) is 18.0 Å². The molecule has 0 spiro atoms. The van der Waals surface area contributed by atoms with Crippen molar-refractivity contribution >= 4 is 5.91 Å². The molecule has 2 aliphatic rings. The molecule has 0 radical (unpaired) electrons. The van der Waals surface area contributed by atoms with E-state index in [0.717, 1.165) is 17.7 Å². The van der Waals surface area contributed by atoms with E-state index in [0.29, 0.717) is 24.7 Å².